The van der Waals surface area contributed by atoms with Gasteiger partial charge in [0.15, 0.2) is 5.65 Å². The summed E-state index contributed by atoms with van der Waals surface area (Å²) in [5.74, 6) is -0.394. The molecule has 4 aromatic rings. The highest BCUT2D eigenvalue weighted by Gasteiger charge is 2.31. The molecule has 0 atom stereocenters. The monoisotopic (exact) mass is 533 g/mol. The maximum Gasteiger partial charge on any atom is 0.294 e. The molecule has 5 rings (SSSR count). The first kappa shape index (κ1) is 26.0. The van der Waals surface area contributed by atoms with Crippen molar-refractivity contribution in [2.24, 2.45) is 0 Å². The quantitative estimate of drug-likeness (QED) is 0.311. The number of thiophene rings is 1. The smallest absolute Gasteiger partial charge is 0.294 e. The zero-order valence-electron chi connectivity index (χ0n) is 21.7. The molecule has 0 aromatic carbocycles. The third-order valence-electron chi connectivity index (χ3n) is 7.06. The Morgan fingerprint density at radius 1 is 1.16 bits per heavy atom. The van der Waals surface area contributed by atoms with Crippen LogP contribution in [0.25, 0.3) is 16.8 Å². The Morgan fingerprint density at radius 2 is 2.00 bits per heavy atom. The van der Waals surface area contributed by atoms with Gasteiger partial charge in [-0.3, -0.25) is 23.9 Å². The number of hydrogen-bond donors (Lipinski definition) is 3. The fourth-order valence-electron chi connectivity index (χ4n) is 4.78. The van der Waals surface area contributed by atoms with E-state index in [9.17, 15) is 14.7 Å². The normalized spacial score (nSPS) is 15.2. The molecule has 2 amide bonds. The number of hydrogen-bond acceptors (Lipinski definition) is 8. The van der Waals surface area contributed by atoms with E-state index in [1.54, 1.807) is 29.8 Å². The van der Waals surface area contributed by atoms with Gasteiger partial charge in [0.2, 0.25) is 11.7 Å². The molecule has 1 aliphatic heterocycles. The Kier molecular flexibility index (Phi) is 7.24. The maximum atomic E-state index is 13.1. The summed E-state index contributed by atoms with van der Waals surface area (Å²) >= 11 is 1.48. The average Bonchev–Trinajstić information content (AvgIpc) is 3.62. The van der Waals surface area contributed by atoms with E-state index < -0.39 is 5.91 Å². The number of nitrogens with zero attached hydrogens (tertiary/aromatic N) is 5. The lowest BCUT2D eigenvalue weighted by atomic mass is 10.0. The zero-order chi connectivity index (χ0) is 26.9. The Bertz CT molecular complexity index is 1490. The number of carbonyl (C=O) groups is 2. The number of anilines is 2. The lowest BCUT2D eigenvalue weighted by Crippen LogP contribution is -2.39. The number of aliphatic hydroxyl groups is 1. The van der Waals surface area contributed by atoms with Gasteiger partial charge in [0.1, 0.15) is 0 Å². The van der Waals surface area contributed by atoms with Gasteiger partial charge in [-0.15, -0.1) is 21.5 Å². The van der Waals surface area contributed by atoms with Crippen molar-refractivity contribution in [3.05, 3.63) is 58.4 Å². The highest BCUT2D eigenvalue weighted by molar-refractivity contribution is 7.10. The molecule has 0 saturated carbocycles. The Hall–Kier alpha value is -3.67. The minimum absolute atomic E-state index is 0.00172. The van der Waals surface area contributed by atoms with Crippen LogP contribution in [0.15, 0.2) is 42.0 Å². The minimum Gasteiger partial charge on any atom is -0.391 e. The summed E-state index contributed by atoms with van der Waals surface area (Å²) in [4.78, 5) is 33.3. The second-order valence-corrected chi connectivity index (χ2v) is 11.1. The summed E-state index contributed by atoms with van der Waals surface area (Å²) in [5, 5.41) is 25.3. The first-order valence-electron chi connectivity index (χ1n) is 12.6. The minimum atomic E-state index is -0.437. The van der Waals surface area contributed by atoms with E-state index in [-0.39, 0.29) is 23.9 Å². The number of pyridine rings is 2. The standard InChI is InChI=1S/C27H31N7O3S/c1-17-22(13-20(14-28-17)29-24(36)6-9-33-8-4-7-27(33,2)3)30-26(37)25-32-31-23-12-18(5-10-34(23)25)19-11-21(15-35)38-16-19/h5,10-14,16,35H,4,6-9,15H2,1-3H3,(H,29,36)(H,30,37). The van der Waals surface area contributed by atoms with Gasteiger partial charge in [-0.2, -0.15) is 0 Å². The predicted molar refractivity (Wildman–Crippen MR) is 147 cm³/mol. The van der Waals surface area contributed by atoms with Crippen molar-refractivity contribution in [3.63, 3.8) is 0 Å². The number of aromatic nitrogens is 4. The molecule has 0 unspecified atom stereocenters. The second kappa shape index (κ2) is 10.6. The van der Waals surface area contributed by atoms with Gasteiger partial charge in [0.25, 0.3) is 5.91 Å². The molecule has 1 aliphatic rings. The Balaban J connectivity index is 1.26. The SMILES string of the molecule is Cc1ncc(NC(=O)CCN2CCCC2(C)C)cc1NC(=O)c1nnc2cc(-c3csc(CO)c3)ccn12. The molecule has 11 heteroatoms. The molecule has 0 bridgehead atoms. The fraction of sp³-hybridized carbons (Fsp3) is 0.370. The number of fused-ring (bicyclic) bond motifs is 1. The number of nitrogens with one attached hydrogen (secondary N) is 2. The first-order chi connectivity index (χ1) is 18.2. The topological polar surface area (TPSA) is 125 Å². The maximum absolute atomic E-state index is 13.1. The Morgan fingerprint density at radius 3 is 2.74 bits per heavy atom. The molecule has 3 N–H and O–H groups in total. The van der Waals surface area contributed by atoms with Crippen LogP contribution in [0.2, 0.25) is 0 Å². The summed E-state index contributed by atoms with van der Waals surface area (Å²) in [7, 11) is 0. The average molecular weight is 534 g/mol. The van der Waals surface area contributed by atoms with Gasteiger partial charge in [-0.05, 0) is 80.9 Å². The van der Waals surface area contributed by atoms with E-state index in [0.717, 1.165) is 35.4 Å². The van der Waals surface area contributed by atoms with Crippen LogP contribution in [0, 0.1) is 6.92 Å². The summed E-state index contributed by atoms with van der Waals surface area (Å²) in [6.07, 6.45) is 6.02. The Labute approximate surface area is 224 Å². The summed E-state index contributed by atoms with van der Waals surface area (Å²) in [6.45, 7) is 7.93. The summed E-state index contributed by atoms with van der Waals surface area (Å²) < 4.78 is 1.62. The number of carbonyl (C=O) groups excluding carboxylic acids is 2. The third kappa shape index (κ3) is 5.45. The van der Waals surface area contributed by atoms with Gasteiger partial charge >= 0.3 is 0 Å². The van der Waals surface area contributed by atoms with E-state index in [0.29, 0.717) is 35.7 Å². The summed E-state index contributed by atoms with van der Waals surface area (Å²) in [6, 6.07) is 7.35. The van der Waals surface area contributed by atoms with Crippen molar-refractivity contribution in [1.82, 2.24) is 24.5 Å². The van der Waals surface area contributed by atoms with Crippen molar-refractivity contribution in [1.29, 1.82) is 0 Å². The van der Waals surface area contributed by atoms with Crippen LogP contribution in [0.5, 0.6) is 0 Å². The van der Waals surface area contributed by atoms with Crippen molar-refractivity contribution in [2.45, 2.75) is 52.2 Å². The van der Waals surface area contributed by atoms with Crippen molar-refractivity contribution < 1.29 is 14.7 Å². The molecule has 1 fully saturated rings. The van der Waals surface area contributed by atoms with Crippen LogP contribution in [0.3, 0.4) is 0 Å². The van der Waals surface area contributed by atoms with Crippen LogP contribution in [-0.2, 0) is 11.4 Å². The van der Waals surface area contributed by atoms with E-state index in [4.69, 9.17) is 0 Å². The molecule has 0 aliphatic carbocycles. The van der Waals surface area contributed by atoms with Crippen LogP contribution in [0.1, 0.15) is 54.3 Å². The third-order valence-corrected chi connectivity index (χ3v) is 7.98. The van der Waals surface area contributed by atoms with Gasteiger partial charge in [0, 0.05) is 29.6 Å². The number of rotatable bonds is 8. The lowest BCUT2D eigenvalue weighted by molar-refractivity contribution is -0.116. The molecular weight excluding hydrogens is 502 g/mol. The fourth-order valence-corrected chi connectivity index (χ4v) is 5.54. The highest BCUT2D eigenvalue weighted by atomic mass is 32.1. The number of likely N-dealkylation sites (tertiary alicyclic amines) is 1. The molecule has 198 valence electrons. The molecule has 38 heavy (non-hydrogen) atoms. The van der Waals surface area contributed by atoms with Crippen molar-refractivity contribution in [3.8, 4) is 11.1 Å². The van der Waals surface area contributed by atoms with Gasteiger partial charge in [-0.25, -0.2) is 0 Å². The first-order valence-corrected chi connectivity index (χ1v) is 13.5. The molecular formula is C27H31N7O3S. The van der Waals surface area contributed by atoms with Crippen LogP contribution in [-0.4, -0.2) is 60.0 Å². The van der Waals surface area contributed by atoms with Crippen LogP contribution < -0.4 is 10.6 Å². The molecule has 4 aromatic heterocycles. The predicted octanol–water partition coefficient (Wildman–Crippen LogP) is 4.11. The molecule has 1 saturated heterocycles. The number of aliphatic hydroxyl groups excluding tert-OH is 1. The molecule has 0 radical (unpaired) electrons. The largest absolute Gasteiger partial charge is 0.391 e. The van der Waals surface area contributed by atoms with E-state index in [2.05, 4.69) is 44.6 Å². The zero-order valence-corrected chi connectivity index (χ0v) is 22.5. The molecule has 10 nitrogen and oxygen atoms in total. The van der Waals surface area contributed by atoms with Gasteiger partial charge in [0.05, 0.1) is 29.9 Å². The van der Waals surface area contributed by atoms with Crippen molar-refractivity contribution >= 4 is 40.2 Å². The second-order valence-electron chi connectivity index (χ2n) is 10.1. The van der Waals surface area contributed by atoms with E-state index in [1.165, 1.54) is 11.3 Å². The number of amides is 2. The van der Waals surface area contributed by atoms with Gasteiger partial charge < -0.3 is 15.7 Å². The lowest BCUT2D eigenvalue weighted by Gasteiger charge is -2.31. The van der Waals surface area contributed by atoms with Crippen molar-refractivity contribution in [2.75, 3.05) is 23.7 Å². The highest BCUT2D eigenvalue weighted by Crippen LogP contribution is 2.29. The van der Waals surface area contributed by atoms with Crippen LogP contribution in [0.4, 0.5) is 11.4 Å². The summed E-state index contributed by atoms with van der Waals surface area (Å²) in [5.41, 5.74) is 4.17. The van der Waals surface area contributed by atoms with E-state index in [1.807, 2.05) is 23.6 Å². The van der Waals surface area contributed by atoms with Crippen LogP contribution >= 0.6 is 11.3 Å². The molecule has 0 spiro atoms. The molecule has 5 heterocycles. The van der Waals surface area contributed by atoms with E-state index >= 15 is 0 Å². The van der Waals surface area contributed by atoms with Gasteiger partial charge in [-0.1, -0.05) is 0 Å². The number of aryl methyl sites for hydroxylation is 1.